The molecule has 1 aliphatic heterocycles. The fourth-order valence-corrected chi connectivity index (χ4v) is 3.98. The Morgan fingerprint density at radius 1 is 1.10 bits per heavy atom. The molecule has 0 amide bonds. The van der Waals surface area contributed by atoms with Crippen molar-refractivity contribution in [1.29, 1.82) is 0 Å². The van der Waals surface area contributed by atoms with Crippen LogP contribution in [0, 0.1) is 6.92 Å². The molecule has 0 bridgehead atoms. The van der Waals surface area contributed by atoms with Gasteiger partial charge in [-0.3, -0.25) is 9.88 Å². The molecule has 144 valence electrons. The van der Waals surface area contributed by atoms with Gasteiger partial charge in [0.05, 0.1) is 0 Å². The lowest BCUT2D eigenvalue weighted by atomic mass is 9.97. The van der Waals surface area contributed by atoms with E-state index < -0.39 is 0 Å². The summed E-state index contributed by atoms with van der Waals surface area (Å²) in [5, 5.41) is 0.930. The summed E-state index contributed by atoms with van der Waals surface area (Å²) in [6, 6.07) is 17.6. The molecule has 4 aromatic rings. The third kappa shape index (κ3) is 3.30. The molecule has 0 spiro atoms. The second-order valence-electron chi connectivity index (χ2n) is 7.33. The highest BCUT2D eigenvalue weighted by molar-refractivity contribution is 5.96. The molecule has 1 aliphatic rings. The minimum absolute atomic E-state index is 0.353. The molecule has 3 heterocycles. The minimum Gasteiger partial charge on any atom is -0.477 e. The molecular weight excluding hydrogens is 364 g/mol. The molecule has 29 heavy (non-hydrogen) atoms. The lowest BCUT2D eigenvalue weighted by Crippen LogP contribution is -2.32. The first kappa shape index (κ1) is 17.6. The molecule has 5 heteroatoms. The van der Waals surface area contributed by atoms with E-state index in [-0.39, 0.29) is 5.63 Å². The first-order chi connectivity index (χ1) is 14.2. The standard InChI is InChI=1S/C24H20N2O3/c1-16-23-19(14-26(15-28-23)13-17-6-5-9-25-12-17)10-21-20(11-22(27)29-24(16)21)18-7-3-2-4-8-18/h2-12H,13-15H2,1H3. The summed E-state index contributed by atoms with van der Waals surface area (Å²) in [6.45, 7) is 3.96. The average Bonchev–Trinajstić information content (AvgIpc) is 2.75. The molecule has 5 nitrogen and oxygen atoms in total. The van der Waals surface area contributed by atoms with Crippen LogP contribution in [0.4, 0.5) is 0 Å². The van der Waals surface area contributed by atoms with Crippen LogP contribution in [0.2, 0.25) is 0 Å². The minimum atomic E-state index is -0.353. The number of pyridine rings is 1. The van der Waals surface area contributed by atoms with Gasteiger partial charge in [0.1, 0.15) is 18.1 Å². The zero-order chi connectivity index (χ0) is 19.8. The van der Waals surface area contributed by atoms with E-state index in [1.807, 2.05) is 49.5 Å². The normalized spacial score (nSPS) is 13.8. The van der Waals surface area contributed by atoms with Gasteiger partial charge in [-0.1, -0.05) is 36.4 Å². The lowest BCUT2D eigenvalue weighted by Gasteiger charge is -2.30. The number of hydrogen-bond donors (Lipinski definition) is 0. The van der Waals surface area contributed by atoms with Crippen molar-refractivity contribution in [2.24, 2.45) is 0 Å². The van der Waals surface area contributed by atoms with Crippen LogP contribution in [0.25, 0.3) is 22.1 Å². The molecule has 0 saturated heterocycles. The van der Waals surface area contributed by atoms with E-state index in [0.29, 0.717) is 12.3 Å². The fourth-order valence-electron chi connectivity index (χ4n) is 3.98. The largest absolute Gasteiger partial charge is 0.477 e. The average molecular weight is 384 g/mol. The zero-order valence-electron chi connectivity index (χ0n) is 16.1. The maximum atomic E-state index is 12.2. The van der Waals surface area contributed by atoms with Gasteiger partial charge in [-0.2, -0.15) is 0 Å². The van der Waals surface area contributed by atoms with Crippen LogP contribution >= 0.6 is 0 Å². The van der Waals surface area contributed by atoms with E-state index in [0.717, 1.165) is 52.0 Å². The summed E-state index contributed by atoms with van der Waals surface area (Å²) in [5.74, 6) is 0.813. The first-order valence-corrected chi connectivity index (χ1v) is 9.59. The Balaban J connectivity index is 1.60. The van der Waals surface area contributed by atoms with E-state index in [1.54, 1.807) is 12.3 Å². The Hall–Kier alpha value is -3.44. The van der Waals surface area contributed by atoms with E-state index in [1.165, 1.54) is 0 Å². The number of nitrogens with zero attached hydrogens (tertiary/aromatic N) is 2. The summed E-state index contributed by atoms with van der Waals surface area (Å²) >= 11 is 0. The molecule has 0 aliphatic carbocycles. The van der Waals surface area contributed by atoms with Crippen LogP contribution < -0.4 is 10.4 Å². The van der Waals surface area contributed by atoms with Crippen LogP contribution in [0.15, 0.2) is 76.2 Å². The highest BCUT2D eigenvalue weighted by Gasteiger charge is 2.23. The topological polar surface area (TPSA) is 55.6 Å². The summed E-state index contributed by atoms with van der Waals surface area (Å²) in [5.41, 5.74) is 5.22. The Kier molecular flexibility index (Phi) is 4.37. The molecule has 0 atom stereocenters. The predicted molar refractivity (Wildman–Crippen MR) is 112 cm³/mol. The van der Waals surface area contributed by atoms with Crippen LogP contribution in [0.1, 0.15) is 16.7 Å². The van der Waals surface area contributed by atoms with Crippen LogP contribution in [-0.4, -0.2) is 16.6 Å². The van der Waals surface area contributed by atoms with Gasteiger partial charge in [-0.15, -0.1) is 0 Å². The van der Waals surface area contributed by atoms with Crippen molar-refractivity contribution in [1.82, 2.24) is 9.88 Å². The molecule has 2 aromatic carbocycles. The van der Waals surface area contributed by atoms with E-state index >= 15 is 0 Å². The van der Waals surface area contributed by atoms with E-state index in [4.69, 9.17) is 9.15 Å². The number of aryl methyl sites for hydroxylation is 1. The molecule has 5 rings (SSSR count). The molecule has 0 saturated carbocycles. The molecule has 2 aromatic heterocycles. The number of benzene rings is 2. The Labute approximate surface area is 168 Å². The molecule has 0 N–H and O–H groups in total. The van der Waals surface area contributed by atoms with Gasteiger partial charge in [-0.05, 0) is 35.7 Å². The van der Waals surface area contributed by atoms with Gasteiger partial charge >= 0.3 is 5.63 Å². The highest BCUT2D eigenvalue weighted by Crippen LogP contribution is 2.38. The van der Waals surface area contributed by atoms with Crippen molar-refractivity contribution in [3.05, 3.63) is 94.1 Å². The third-order valence-corrected chi connectivity index (χ3v) is 5.29. The van der Waals surface area contributed by atoms with Crippen molar-refractivity contribution >= 4 is 11.0 Å². The van der Waals surface area contributed by atoms with Gasteiger partial charge in [-0.25, -0.2) is 4.79 Å². The van der Waals surface area contributed by atoms with Gasteiger partial charge in [0.2, 0.25) is 0 Å². The van der Waals surface area contributed by atoms with Crippen molar-refractivity contribution in [2.45, 2.75) is 20.0 Å². The van der Waals surface area contributed by atoms with Crippen molar-refractivity contribution < 1.29 is 9.15 Å². The predicted octanol–water partition coefficient (Wildman–Crippen LogP) is 4.52. The second kappa shape index (κ2) is 7.18. The maximum absolute atomic E-state index is 12.2. The molecule has 0 fully saturated rings. The maximum Gasteiger partial charge on any atom is 0.336 e. The number of aromatic nitrogens is 1. The van der Waals surface area contributed by atoms with E-state index in [2.05, 4.69) is 22.0 Å². The highest BCUT2D eigenvalue weighted by atomic mass is 16.5. The number of ether oxygens (including phenoxy) is 1. The molecular formula is C24H20N2O3. The zero-order valence-corrected chi connectivity index (χ0v) is 16.1. The summed E-state index contributed by atoms with van der Waals surface area (Å²) in [7, 11) is 0. The summed E-state index contributed by atoms with van der Waals surface area (Å²) in [6.07, 6.45) is 3.66. The quantitative estimate of drug-likeness (QED) is 0.486. The lowest BCUT2D eigenvalue weighted by molar-refractivity contribution is 0.0880. The van der Waals surface area contributed by atoms with Crippen molar-refractivity contribution in [3.8, 4) is 16.9 Å². The monoisotopic (exact) mass is 384 g/mol. The van der Waals surface area contributed by atoms with Gasteiger partial charge in [0.15, 0.2) is 0 Å². The van der Waals surface area contributed by atoms with Crippen LogP contribution in [-0.2, 0) is 13.1 Å². The molecule has 0 unspecified atom stereocenters. The van der Waals surface area contributed by atoms with E-state index in [9.17, 15) is 4.79 Å². The van der Waals surface area contributed by atoms with Crippen molar-refractivity contribution in [3.63, 3.8) is 0 Å². The van der Waals surface area contributed by atoms with Gasteiger partial charge in [0, 0.05) is 48.1 Å². The number of rotatable bonds is 3. The first-order valence-electron chi connectivity index (χ1n) is 9.59. The fraction of sp³-hybridized carbons (Fsp3) is 0.167. The van der Waals surface area contributed by atoms with Crippen molar-refractivity contribution in [2.75, 3.05) is 6.73 Å². The Bertz CT molecular complexity index is 1230. The van der Waals surface area contributed by atoms with Crippen LogP contribution in [0.5, 0.6) is 5.75 Å². The summed E-state index contributed by atoms with van der Waals surface area (Å²) in [4.78, 5) is 18.7. The van der Waals surface area contributed by atoms with Gasteiger partial charge in [0.25, 0.3) is 0 Å². The SMILES string of the molecule is Cc1c2c(cc3c(-c4ccccc4)cc(=O)oc13)CN(Cc1cccnc1)CO2. The Morgan fingerprint density at radius 3 is 2.76 bits per heavy atom. The summed E-state index contributed by atoms with van der Waals surface area (Å²) < 4.78 is 11.7. The third-order valence-electron chi connectivity index (χ3n) is 5.29. The molecule has 0 radical (unpaired) electrons. The van der Waals surface area contributed by atoms with Crippen LogP contribution in [0.3, 0.4) is 0 Å². The number of fused-ring (bicyclic) bond motifs is 2. The smallest absolute Gasteiger partial charge is 0.336 e. The Morgan fingerprint density at radius 2 is 1.97 bits per heavy atom. The second-order valence-corrected chi connectivity index (χ2v) is 7.33. The number of hydrogen-bond acceptors (Lipinski definition) is 5. The van der Waals surface area contributed by atoms with Gasteiger partial charge < -0.3 is 9.15 Å².